The van der Waals surface area contributed by atoms with E-state index in [2.05, 4.69) is 59.9 Å². The Balaban J connectivity index is 2.34. The second kappa shape index (κ2) is 6.20. The number of ether oxygens (including phenoxy) is 1. The number of aromatic nitrogens is 1. The number of hydrogen-bond donors (Lipinski definition) is 0. The molecule has 0 aliphatic carbocycles. The van der Waals surface area contributed by atoms with Crippen LogP contribution in [0, 0.1) is 6.92 Å². The predicted octanol–water partition coefficient (Wildman–Crippen LogP) is 5.20. The Kier molecular flexibility index (Phi) is 4.59. The minimum Gasteiger partial charge on any atom is -0.438 e. The number of hydrogen-bond acceptors (Lipinski definition) is 2. The Morgan fingerprint density at radius 2 is 2.05 bits per heavy atom. The van der Waals surface area contributed by atoms with Crippen molar-refractivity contribution in [2.75, 3.05) is 0 Å². The third-order valence-corrected chi connectivity index (χ3v) is 3.68. The molecule has 19 heavy (non-hydrogen) atoms. The Bertz CT molecular complexity index is 566. The van der Waals surface area contributed by atoms with Gasteiger partial charge in [-0.05, 0) is 36.1 Å². The van der Waals surface area contributed by atoms with E-state index in [0.717, 1.165) is 22.2 Å². The first-order chi connectivity index (χ1) is 9.11. The van der Waals surface area contributed by atoms with Crippen molar-refractivity contribution in [3.8, 4) is 11.6 Å². The van der Waals surface area contributed by atoms with E-state index in [4.69, 9.17) is 4.74 Å². The zero-order valence-corrected chi connectivity index (χ0v) is 13.1. The zero-order valence-electron chi connectivity index (χ0n) is 11.5. The third-order valence-electron chi connectivity index (χ3n) is 3.08. The minimum atomic E-state index is 0.488. The van der Waals surface area contributed by atoms with E-state index in [0.29, 0.717) is 11.8 Å². The predicted molar refractivity (Wildman–Crippen MR) is 82.2 cm³/mol. The molecular formula is C16H18BrNO. The van der Waals surface area contributed by atoms with Crippen LogP contribution in [0.1, 0.15) is 36.5 Å². The summed E-state index contributed by atoms with van der Waals surface area (Å²) in [6.45, 7) is 6.41. The lowest BCUT2D eigenvalue weighted by molar-refractivity contribution is 0.454. The molecule has 0 aliphatic heterocycles. The van der Waals surface area contributed by atoms with Gasteiger partial charge in [-0.1, -0.05) is 48.0 Å². The maximum absolute atomic E-state index is 5.98. The monoisotopic (exact) mass is 319 g/mol. The first kappa shape index (κ1) is 14.1. The fourth-order valence-electron chi connectivity index (χ4n) is 1.81. The fraction of sp³-hybridized carbons (Fsp3) is 0.312. The summed E-state index contributed by atoms with van der Waals surface area (Å²) >= 11 is 3.46. The molecular weight excluding hydrogens is 302 g/mol. The molecule has 0 N–H and O–H groups in total. The maximum Gasteiger partial charge on any atom is 0.223 e. The van der Waals surface area contributed by atoms with Gasteiger partial charge in [-0.3, -0.25) is 0 Å². The highest BCUT2D eigenvalue weighted by atomic mass is 79.9. The largest absolute Gasteiger partial charge is 0.438 e. The van der Waals surface area contributed by atoms with Gasteiger partial charge in [-0.25, -0.2) is 4.98 Å². The molecule has 0 spiro atoms. The van der Waals surface area contributed by atoms with Gasteiger partial charge in [0.15, 0.2) is 0 Å². The summed E-state index contributed by atoms with van der Waals surface area (Å²) in [5.41, 5.74) is 3.45. The van der Waals surface area contributed by atoms with Crippen LogP contribution in [0.2, 0.25) is 0 Å². The van der Waals surface area contributed by atoms with E-state index in [1.807, 2.05) is 12.1 Å². The smallest absolute Gasteiger partial charge is 0.223 e. The number of halogens is 1. The normalized spacial score (nSPS) is 10.8. The van der Waals surface area contributed by atoms with Crippen molar-refractivity contribution in [1.29, 1.82) is 0 Å². The van der Waals surface area contributed by atoms with Crippen LogP contribution < -0.4 is 4.74 Å². The van der Waals surface area contributed by atoms with Gasteiger partial charge in [0.1, 0.15) is 5.75 Å². The number of nitrogens with zero attached hydrogens (tertiary/aromatic N) is 1. The Morgan fingerprint density at radius 3 is 2.74 bits per heavy atom. The lowest BCUT2D eigenvalue weighted by Crippen LogP contribution is -1.96. The lowest BCUT2D eigenvalue weighted by atomic mass is 10.0. The molecule has 1 heterocycles. The number of rotatable bonds is 4. The number of aryl methyl sites for hydroxylation is 1. The van der Waals surface area contributed by atoms with E-state index in [9.17, 15) is 0 Å². The summed E-state index contributed by atoms with van der Waals surface area (Å²) < 4.78 is 5.98. The number of benzene rings is 1. The SMILES string of the molecule is Cc1ccc(C(C)C)cc1Oc1ncccc1CBr. The molecule has 100 valence electrons. The highest BCUT2D eigenvalue weighted by molar-refractivity contribution is 9.08. The zero-order chi connectivity index (χ0) is 13.8. The highest BCUT2D eigenvalue weighted by Gasteiger charge is 2.09. The van der Waals surface area contributed by atoms with E-state index in [-0.39, 0.29) is 0 Å². The van der Waals surface area contributed by atoms with Crippen molar-refractivity contribution in [3.05, 3.63) is 53.2 Å². The molecule has 1 aromatic heterocycles. The van der Waals surface area contributed by atoms with Gasteiger partial charge in [0.2, 0.25) is 5.88 Å². The summed E-state index contributed by atoms with van der Waals surface area (Å²) in [5, 5.41) is 0.735. The third kappa shape index (κ3) is 3.35. The van der Waals surface area contributed by atoms with E-state index >= 15 is 0 Å². The van der Waals surface area contributed by atoms with Gasteiger partial charge < -0.3 is 4.74 Å². The molecule has 0 saturated carbocycles. The standard InChI is InChI=1S/C16H18BrNO/c1-11(2)13-7-6-12(3)15(9-13)19-16-14(10-17)5-4-8-18-16/h4-9,11H,10H2,1-3H3. The van der Waals surface area contributed by atoms with Gasteiger partial charge in [-0.15, -0.1) is 0 Å². The van der Waals surface area contributed by atoms with Crippen LogP contribution in [0.15, 0.2) is 36.5 Å². The maximum atomic E-state index is 5.98. The highest BCUT2D eigenvalue weighted by Crippen LogP contribution is 2.29. The van der Waals surface area contributed by atoms with Crippen molar-refractivity contribution in [1.82, 2.24) is 4.98 Å². The van der Waals surface area contributed by atoms with Crippen LogP contribution >= 0.6 is 15.9 Å². The molecule has 0 radical (unpaired) electrons. The van der Waals surface area contributed by atoms with Gasteiger partial charge >= 0.3 is 0 Å². The van der Waals surface area contributed by atoms with Gasteiger partial charge in [0, 0.05) is 17.1 Å². The van der Waals surface area contributed by atoms with Crippen LogP contribution in [0.4, 0.5) is 0 Å². The molecule has 0 amide bonds. The quantitative estimate of drug-likeness (QED) is 0.722. The van der Waals surface area contributed by atoms with E-state index in [1.165, 1.54) is 5.56 Å². The molecule has 0 fully saturated rings. The van der Waals surface area contributed by atoms with Crippen molar-refractivity contribution in [2.24, 2.45) is 0 Å². The first-order valence-corrected chi connectivity index (χ1v) is 7.52. The topological polar surface area (TPSA) is 22.1 Å². The van der Waals surface area contributed by atoms with Crippen LogP contribution in [0.25, 0.3) is 0 Å². The number of alkyl halides is 1. The van der Waals surface area contributed by atoms with Gasteiger partial charge in [-0.2, -0.15) is 0 Å². The van der Waals surface area contributed by atoms with E-state index in [1.54, 1.807) is 6.20 Å². The van der Waals surface area contributed by atoms with Crippen LogP contribution in [-0.2, 0) is 5.33 Å². The molecule has 3 heteroatoms. The molecule has 1 aromatic carbocycles. The molecule has 0 bridgehead atoms. The average molecular weight is 320 g/mol. The minimum absolute atomic E-state index is 0.488. The Morgan fingerprint density at radius 1 is 1.26 bits per heavy atom. The van der Waals surface area contributed by atoms with Gasteiger partial charge in [0.05, 0.1) is 0 Å². The fourth-order valence-corrected chi connectivity index (χ4v) is 2.23. The number of pyridine rings is 1. The average Bonchev–Trinajstić information content (AvgIpc) is 2.41. The summed E-state index contributed by atoms with van der Waals surface area (Å²) in [6.07, 6.45) is 1.75. The van der Waals surface area contributed by atoms with Crippen LogP contribution in [-0.4, -0.2) is 4.98 Å². The molecule has 2 aromatic rings. The van der Waals surface area contributed by atoms with Crippen LogP contribution in [0.5, 0.6) is 11.6 Å². The second-order valence-corrected chi connectivity index (χ2v) is 5.44. The summed E-state index contributed by atoms with van der Waals surface area (Å²) in [6, 6.07) is 10.3. The molecule has 0 aliphatic rings. The van der Waals surface area contributed by atoms with Crippen molar-refractivity contribution >= 4 is 15.9 Å². The Hall–Kier alpha value is -1.35. The first-order valence-electron chi connectivity index (χ1n) is 6.40. The lowest BCUT2D eigenvalue weighted by Gasteiger charge is -2.13. The Labute approximate surface area is 123 Å². The van der Waals surface area contributed by atoms with Crippen molar-refractivity contribution in [3.63, 3.8) is 0 Å². The molecule has 2 rings (SSSR count). The van der Waals surface area contributed by atoms with Gasteiger partial charge in [0.25, 0.3) is 0 Å². The summed E-state index contributed by atoms with van der Waals surface area (Å²) in [4.78, 5) is 4.31. The second-order valence-electron chi connectivity index (χ2n) is 4.88. The molecule has 0 unspecified atom stereocenters. The van der Waals surface area contributed by atoms with Crippen LogP contribution in [0.3, 0.4) is 0 Å². The van der Waals surface area contributed by atoms with Crippen molar-refractivity contribution in [2.45, 2.75) is 32.0 Å². The summed E-state index contributed by atoms with van der Waals surface area (Å²) in [5.74, 6) is 2.04. The summed E-state index contributed by atoms with van der Waals surface area (Å²) in [7, 11) is 0. The van der Waals surface area contributed by atoms with Crippen molar-refractivity contribution < 1.29 is 4.74 Å². The molecule has 0 saturated heterocycles. The molecule has 0 atom stereocenters. The molecule has 2 nitrogen and oxygen atoms in total. The van der Waals surface area contributed by atoms with E-state index < -0.39 is 0 Å².